The summed E-state index contributed by atoms with van der Waals surface area (Å²) in [5, 5.41) is 11.7. The molecule has 0 atom stereocenters. The largest absolute Gasteiger partial charge is 0.465 e. The number of rotatable bonds is 8. The number of benzene rings is 1. The summed E-state index contributed by atoms with van der Waals surface area (Å²) in [5.41, 5.74) is 1.17. The maximum absolute atomic E-state index is 10.5. The third-order valence-corrected chi connectivity index (χ3v) is 3.14. The van der Waals surface area contributed by atoms with E-state index in [4.69, 9.17) is 16.7 Å². The van der Waals surface area contributed by atoms with Crippen LogP contribution in [0, 0.1) is 0 Å². The third-order valence-electron chi connectivity index (χ3n) is 2.89. The van der Waals surface area contributed by atoms with Gasteiger partial charge in [0.15, 0.2) is 0 Å². The molecular weight excluding hydrogens is 278 g/mol. The fourth-order valence-corrected chi connectivity index (χ4v) is 1.91. The summed E-state index contributed by atoms with van der Waals surface area (Å²) >= 11 is 5.87. The molecular formula is C14H22ClN3O2. The lowest BCUT2D eigenvalue weighted by molar-refractivity contribution is 0.188. The van der Waals surface area contributed by atoms with E-state index < -0.39 is 6.09 Å². The fourth-order valence-electron chi connectivity index (χ4n) is 1.78. The van der Waals surface area contributed by atoms with Crippen LogP contribution in [0.5, 0.6) is 0 Å². The zero-order valence-corrected chi connectivity index (χ0v) is 12.7. The second kappa shape index (κ2) is 8.79. The molecule has 0 saturated heterocycles. The summed E-state index contributed by atoms with van der Waals surface area (Å²) in [6, 6.07) is 7.73. The molecule has 5 nitrogen and oxygen atoms in total. The summed E-state index contributed by atoms with van der Waals surface area (Å²) in [7, 11) is 4.05. The number of nitrogens with one attached hydrogen (secondary N) is 1. The molecule has 0 aliphatic rings. The van der Waals surface area contributed by atoms with Gasteiger partial charge in [0.05, 0.1) is 0 Å². The zero-order valence-electron chi connectivity index (χ0n) is 12.0. The second-order valence-corrected chi connectivity index (χ2v) is 5.37. The highest BCUT2D eigenvalue weighted by molar-refractivity contribution is 6.30. The molecule has 0 unspecified atom stereocenters. The van der Waals surface area contributed by atoms with E-state index >= 15 is 0 Å². The summed E-state index contributed by atoms with van der Waals surface area (Å²) in [6.45, 7) is 3.71. The Bertz CT molecular complexity index is 409. The molecule has 112 valence electrons. The van der Waals surface area contributed by atoms with E-state index in [1.807, 2.05) is 38.4 Å². The molecule has 1 rings (SSSR count). The van der Waals surface area contributed by atoms with E-state index in [0.717, 1.165) is 24.7 Å². The number of carbonyl (C=O) groups is 1. The van der Waals surface area contributed by atoms with Crippen LogP contribution in [0.4, 0.5) is 4.79 Å². The molecule has 0 fully saturated rings. The normalized spacial score (nSPS) is 11.1. The Kier molecular flexibility index (Phi) is 7.36. The molecule has 1 aromatic rings. The molecule has 1 amide bonds. The number of hydrogen-bond acceptors (Lipinski definition) is 3. The summed E-state index contributed by atoms with van der Waals surface area (Å²) in [4.78, 5) is 14.8. The van der Waals surface area contributed by atoms with Crippen molar-refractivity contribution < 1.29 is 9.90 Å². The molecule has 2 N–H and O–H groups in total. The van der Waals surface area contributed by atoms with Crippen molar-refractivity contribution in [2.45, 2.75) is 6.54 Å². The smallest absolute Gasteiger partial charge is 0.404 e. The quantitative estimate of drug-likeness (QED) is 0.770. The van der Waals surface area contributed by atoms with Gasteiger partial charge in [-0.05, 0) is 31.8 Å². The highest BCUT2D eigenvalue weighted by Gasteiger charge is 2.07. The molecule has 0 heterocycles. The third kappa shape index (κ3) is 7.33. The minimum Gasteiger partial charge on any atom is -0.465 e. The molecule has 20 heavy (non-hydrogen) atoms. The highest BCUT2D eigenvalue weighted by atomic mass is 35.5. The van der Waals surface area contributed by atoms with E-state index in [1.54, 1.807) is 0 Å². The number of halogens is 1. The van der Waals surface area contributed by atoms with Crippen LogP contribution >= 0.6 is 11.6 Å². The van der Waals surface area contributed by atoms with Crippen LogP contribution in [-0.2, 0) is 6.54 Å². The lowest BCUT2D eigenvalue weighted by Gasteiger charge is -2.24. The number of nitrogens with zero attached hydrogens (tertiary/aromatic N) is 2. The van der Waals surface area contributed by atoms with Gasteiger partial charge < -0.3 is 15.3 Å². The lowest BCUT2D eigenvalue weighted by atomic mass is 10.2. The van der Waals surface area contributed by atoms with E-state index in [9.17, 15) is 4.79 Å². The van der Waals surface area contributed by atoms with Crippen LogP contribution in [0.2, 0.25) is 5.02 Å². The maximum Gasteiger partial charge on any atom is 0.404 e. The predicted octanol–water partition coefficient (Wildman–Crippen LogP) is 1.97. The summed E-state index contributed by atoms with van der Waals surface area (Å²) in [5.74, 6) is 0. The molecule has 6 heteroatoms. The van der Waals surface area contributed by atoms with Crippen molar-refractivity contribution >= 4 is 17.7 Å². The Hall–Kier alpha value is -1.30. The van der Waals surface area contributed by atoms with Crippen LogP contribution < -0.4 is 5.32 Å². The number of hydrogen-bond donors (Lipinski definition) is 2. The molecule has 0 radical (unpaired) electrons. The monoisotopic (exact) mass is 299 g/mol. The first kappa shape index (κ1) is 16.8. The zero-order chi connectivity index (χ0) is 15.0. The van der Waals surface area contributed by atoms with Crippen LogP contribution in [0.3, 0.4) is 0 Å². The van der Waals surface area contributed by atoms with Crippen molar-refractivity contribution in [1.82, 2.24) is 15.1 Å². The number of amides is 1. The van der Waals surface area contributed by atoms with Crippen LogP contribution in [-0.4, -0.2) is 61.3 Å². The van der Waals surface area contributed by atoms with Gasteiger partial charge >= 0.3 is 6.09 Å². The van der Waals surface area contributed by atoms with Gasteiger partial charge in [-0.1, -0.05) is 23.7 Å². The van der Waals surface area contributed by atoms with Gasteiger partial charge in [-0.3, -0.25) is 4.90 Å². The van der Waals surface area contributed by atoms with Crippen molar-refractivity contribution in [2.24, 2.45) is 0 Å². The Morgan fingerprint density at radius 2 is 1.85 bits per heavy atom. The standard InChI is InChI=1S/C14H22ClN3O2/c1-17(2)9-10-18(8-7-16-14(19)20)11-12-3-5-13(15)6-4-12/h3-6,16H,7-11H2,1-2H3,(H,19,20). The van der Waals surface area contributed by atoms with Gasteiger partial charge in [-0.2, -0.15) is 0 Å². The van der Waals surface area contributed by atoms with E-state index in [0.29, 0.717) is 13.1 Å². The molecule has 0 spiro atoms. The van der Waals surface area contributed by atoms with Crippen molar-refractivity contribution in [2.75, 3.05) is 40.3 Å². The van der Waals surface area contributed by atoms with Crippen molar-refractivity contribution in [1.29, 1.82) is 0 Å². The Morgan fingerprint density at radius 1 is 1.20 bits per heavy atom. The van der Waals surface area contributed by atoms with Crippen molar-refractivity contribution in [3.63, 3.8) is 0 Å². The SMILES string of the molecule is CN(C)CCN(CCNC(=O)O)Cc1ccc(Cl)cc1. The first-order valence-electron chi connectivity index (χ1n) is 6.55. The average molecular weight is 300 g/mol. The van der Waals surface area contributed by atoms with Gasteiger partial charge in [-0.15, -0.1) is 0 Å². The predicted molar refractivity (Wildman–Crippen MR) is 81.3 cm³/mol. The van der Waals surface area contributed by atoms with E-state index in [1.165, 1.54) is 5.56 Å². The molecule has 0 bridgehead atoms. The van der Waals surface area contributed by atoms with Crippen molar-refractivity contribution in [3.05, 3.63) is 34.9 Å². The van der Waals surface area contributed by atoms with Gasteiger partial charge in [0, 0.05) is 37.7 Å². The molecule has 0 saturated carbocycles. The van der Waals surface area contributed by atoms with Gasteiger partial charge in [-0.25, -0.2) is 4.79 Å². The first-order valence-corrected chi connectivity index (χ1v) is 6.93. The second-order valence-electron chi connectivity index (χ2n) is 4.94. The minimum atomic E-state index is -0.982. The average Bonchev–Trinajstić information content (AvgIpc) is 2.37. The molecule has 1 aromatic carbocycles. The van der Waals surface area contributed by atoms with E-state index in [-0.39, 0.29) is 0 Å². The molecule has 0 aliphatic heterocycles. The van der Waals surface area contributed by atoms with Crippen LogP contribution in [0.25, 0.3) is 0 Å². The minimum absolute atomic E-state index is 0.427. The van der Waals surface area contributed by atoms with Gasteiger partial charge in [0.1, 0.15) is 0 Å². The Balaban J connectivity index is 2.51. The molecule has 0 aromatic heterocycles. The van der Waals surface area contributed by atoms with Crippen LogP contribution in [0.1, 0.15) is 5.56 Å². The van der Waals surface area contributed by atoms with Crippen LogP contribution in [0.15, 0.2) is 24.3 Å². The molecule has 0 aliphatic carbocycles. The topological polar surface area (TPSA) is 55.8 Å². The lowest BCUT2D eigenvalue weighted by Crippen LogP contribution is -2.37. The van der Waals surface area contributed by atoms with Crippen molar-refractivity contribution in [3.8, 4) is 0 Å². The number of likely N-dealkylation sites (N-methyl/N-ethyl adjacent to an activating group) is 1. The maximum atomic E-state index is 10.5. The van der Waals surface area contributed by atoms with Gasteiger partial charge in [0.25, 0.3) is 0 Å². The number of carboxylic acid groups (broad SMARTS) is 1. The Morgan fingerprint density at radius 3 is 2.40 bits per heavy atom. The summed E-state index contributed by atoms with van der Waals surface area (Å²) in [6.07, 6.45) is -0.982. The van der Waals surface area contributed by atoms with E-state index in [2.05, 4.69) is 15.1 Å². The van der Waals surface area contributed by atoms with Gasteiger partial charge in [0.2, 0.25) is 0 Å². The first-order chi connectivity index (χ1) is 9.47. The fraction of sp³-hybridized carbons (Fsp3) is 0.500. The summed E-state index contributed by atoms with van der Waals surface area (Å²) < 4.78 is 0. The Labute approximate surface area is 125 Å². The highest BCUT2D eigenvalue weighted by Crippen LogP contribution is 2.11.